The molecule has 0 bridgehead atoms. The van der Waals surface area contributed by atoms with Crippen LogP contribution in [0.3, 0.4) is 0 Å². The molecule has 14 rings (SSSR count). The van der Waals surface area contributed by atoms with Crippen molar-refractivity contribution in [3.05, 3.63) is 235 Å². The SMILES string of the molecule is [2H]c1c([2H])c([2H])c(-c2cccc(-c3c([2H])c([2H])c4c(c3[2H])C(C([2H])([2H])[2H])(C([2H])([2H])[2H])C([2H])([2H])C([2H])([2H])C4(C([2H])([2H])[2H])C([2H])([2H])[2H])c2-[n+]2[c-]n(-c3[c-]c(Oc4[c-]c5c(cc4)c4ccccc4n5-c4cc(C(C)(C)C)ccn4)ccc3)c3cc4oc5ccc(-c6ccccc6)cc5c4cc32)c([2H])c1[2H].[Pt]. The first-order valence-corrected chi connectivity index (χ1v) is 25.0. The fourth-order valence-electron chi connectivity index (χ4n) is 10.4. The zero-order valence-corrected chi connectivity index (χ0v) is 44.6. The van der Waals surface area contributed by atoms with E-state index in [4.69, 9.17) is 34.7 Å². The summed E-state index contributed by atoms with van der Waals surface area (Å²) in [5, 5.41) is 2.81. The number of nitrogens with zero attached hydrogens (tertiary/aromatic N) is 4. The molecule has 0 saturated heterocycles. The zero-order valence-electron chi connectivity index (χ0n) is 66.4. The van der Waals surface area contributed by atoms with Crippen LogP contribution in [0, 0.1) is 18.5 Å². The van der Waals surface area contributed by atoms with Crippen molar-refractivity contribution in [2.45, 2.75) is 77.2 Å². The molecule has 0 fully saturated rings. The molecule has 4 heterocycles. The third-order valence-electron chi connectivity index (χ3n) is 14.3. The standard InChI is InChI=1S/C72H58N4O2.Pt/c1-70(2,3)50-34-37-73-68(40-50)76-62-27-15-14-24-56(62)57-31-30-53(42-63(57)76)77-52-23-16-22-51(41-52)74-45-75(64-43-59-58-38-48(46-18-10-8-11-19-46)29-33-66(58)78-67(59)44-65(64)74)69-54(47-20-12-9-13-21-47)25-17-26-55(69)49-28-32-60-61(39-49)72(6,7)36-35-71(60,4)5;/h8-34,37-40,43-44H,35-36H2,1-7H3;/q-2;/i4D3,5D3,6D3,7D3,9D,12D,13D,20D,21D,28D,32D,35D2,36D2,39D;. The monoisotopic (exact) mass is 1230 g/mol. The maximum Gasteiger partial charge on any atom is 0.268 e. The van der Waals surface area contributed by atoms with Crippen LogP contribution in [0.1, 0.15) is 111 Å². The molecular weight excluding hydrogens is 1150 g/mol. The van der Waals surface area contributed by atoms with Gasteiger partial charge in [0.05, 0.1) is 27.7 Å². The second kappa shape index (κ2) is 19.0. The minimum Gasteiger partial charge on any atom is -0.510 e. The van der Waals surface area contributed by atoms with Gasteiger partial charge in [0, 0.05) is 77.0 Å². The van der Waals surface area contributed by atoms with E-state index in [1.165, 1.54) is 27.3 Å². The van der Waals surface area contributed by atoms with Crippen molar-refractivity contribution in [2.75, 3.05) is 0 Å². The van der Waals surface area contributed by atoms with Gasteiger partial charge in [-0.2, -0.15) is 18.2 Å². The summed E-state index contributed by atoms with van der Waals surface area (Å²) in [7, 11) is 0. The van der Waals surface area contributed by atoms with Gasteiger partial charge in [-0.15, -0.1) is 29.7 Å². The molecule has 0 unspecified atom stereocenters. The molecule has 13 aromatic rings. The molecule has 7 heteroatoms. The Morgan fingerprint density at radius 2 is 1.38 bits per heavy atom. The summed E-state index contributed by atoms with van der Waals surface area (Å²) in [5.41, 5.74) is -9.88. The van der Waals surface area contributed by atoms with Crippen LogP contribution in [0.5, 0.6) is 11.5 Å². The Bertz CT molecular complexity index is 5630. The number of hydrogen-bond acceptors (Lipinski definition) is 3. The maximum absolute atomic E-state index is 10.4. The molecule has 0 atom stereocenters. The van der Waals surface area contributed by atoms with Gasteiger partial charge < -0.3 is 18.3 Å². The second-order valence-electron chi connectivity index (χ2n) is 20.3. The fraction of sp³-hybridized carbons (Fsp3) is 0.167. The number of ether oxygens (including phenoxy) is 1. The van der Waals surface area contributed by atoms with E-state index in [-0.39, 0.29) is 60.3 Å². The summed E-state index contributed by atoms with van der Waals surface area (Å²) in [6.07, 6.45) is -4.18. The Hall–Kier alpha value is -8.31. The number of fused-ring (bicyclic) bond motifs is 8. The first-order valence-electron chi connectivity index (χ1n) is 37.0. The Labute approximate surface area is 509 Å². The van der Waals surface area contributed by atoms with Gasteiger partial charge in [-0.1, -0.05) is 175 Å². The van der Waals surface area contributed by atoms with E-state index in [0.29, 0.717) is 33.3 Å². The molecule has 6 nitrogen and oxygen atoms in total. The van der Waals surface area contributed by atoms with Gasteiger partial charge in [0.1, 0.15) is 17.0 Å². The molecule has 4 aromatic heterocycles. The van der Waals surface area contributed by atoms with Gasteiger partial charge in [-0.25, -0.2) is 4.98 Å². The molecule has 0 spiro atoms. The Morgan fingerprint density at radius 1 is 0.633 bits per heavy atom. The molecule has 0 radical (unpaired) electrons. The van der Waals surface area contributed by atoms with E-state index in [1.54, 1.807) is 48.7 Å². The van der Waals surface area contributed by atoms with E-state index in [0.717, 1.165) is 33.0 Å². The average Bonchev–Trinajstić information content (AvgIpc) is 1.10. The summed E-state index contributed by atoms with van der Waals surface area (Å²) in [6, 6.07) is 40.8. The Morgan fingerprint density at radius 3 is 2.19 bits per heavy atom. The van der Waals surface area contributed by atoms with Crippen LogP contribution in [0.25, 0.3) is 105 Å². The number of pyridine rings is 1. The van der Waals surface area contributed by atoms with Crippen molar-refractivity contribution >= 4 is 54.8 Å². The third-order valence-corrected chi connectivity index (χ3v) is 14.3. The Kier molecular flexibility index (Phi) is 7.24. The smallest absolute Gasteiger partial charge is 0.268 e. The van der Waals surface area contributed by atoms with Crippen molar-refractivity contribution in [3.8, 4) is 62.1 Å². The predicted octanol–water partition coefficient (Wildman–Crippen LogP) is 18.1. The maximum atomic E-state index is 10.4. The van der Waals surface area contributed by atoms with Crippen molar-refractivity contribution in [3.63, 3.8) is 0 Å². The van der Waals surface area contributed by atoms with Crippen LogP contribution in [-0.2, 0) is 37.3 Å². The van der Waals surface area contributed by atoms with Crippen LogP contribution >= 0.6 is 0 Å². The van der Waals surface area contributed by atoms with Crippen LogP contribution in [0.4, 0.5) is 0 Å². The van der Waals surface area contributed by atoms with E-state index < -0.39 is 133 Å². The quantitative estimate of drug-likeness (QED) is 0.113. The van der Waals surface area contributed by atoms with E-state index in [1.807, 2.05) is 89.5 Å². The minimum atomic E-state index is -4.65. The molecule has 390 valence electrons. The molecule has 9 aromatic carbocycles. The molecule has 1 aliphatic rings. The molecule has 0 N–H and O–H groups in total. The van der Waals surface area contributed by atoms with Gasteiger partial charge in [0.25, 0.3) is 6.33 Å². The molecule has 0 aliphatic heterocycles. The van der Waals surface area contributed by atoms with Gasteiger partial charge in [0.2, 0.25) is 0 Å². The van der Waals surface area contributed by atoms with Gasteiger partial charge in [0.15, 0.2) is 0 Å². The molecular formula is C72H58N4O2Pt-2. The van der Waals surface area contributed by atoms with Crippen LogP contribution in [0.15, 0.2) is 205 Å². The number of aromatic nitrogens is 4. The summed E-state index contributed by atoms with van der Waals surface area (Å²) in [5.74, 6) is 1.04. The summed E-state index contributed by atoms with van der Waals surface area (Å²) in [6.45, 7) is -11.1. The normalized spacial score (nSPS) is 20.3. The zero-order chi connectivity index (χ0) is 73.6. The minimum absolute atomic E-state index is 0. The molecule has 0 amide bonds. The molecule has 79 heavy (non-hydrogen) atoms. The molecule has 0 saturated carbocycles. The van der Waals surface area contributed by atoms with Gasteiger partial charge in [-0.3, -0.25) is 4.57 Å². The largest absolute Gasteiger partial charge is 0.510 e. The summed E-state index contributed by atoms with van der Waals surface area (Å²) in [4.78, 5) is 4.81. The second-order valence-corrected chi connectivity index (χ2v) is 20.3. The summed E-state index contributed by atoms with van der Waals surface area (Å²) >= 11 is 0. The van der Waals surface area contributed by atoms with Crippen LogP contribution < -0.4 is 9.30 Å². The third kappa shape index (κ3) is 8.60. The van der Waals surface area contributed by atoms with E-state index >= 15 is 0 Å². The molecule has 1 aliphatic carbocycles. The first kappa shape index (κ1) is 30.2. The van der Waals surface area contributed by atoms with Crippen molar-refractivity contribution < 1.29 is 67.7 Å². The topological polar surface area (TPSA) is 49.0 Å². The number of furan rings is 1. The van der Waals surface area contributed by atoms with Gasteiger partial charge >= 0.3 is 0 Å². The van der Waals surface area contributed by atoms with Crippen molar-refractivity contribution in [1.82, 2.24) is 14.1 Å². The van der Waals surface area contributed by atoms with Crippen LogP contribution in [-0.4, -0.2) is 14.1 Å². The number of rotatable bonds is 8. The van der Waals surface area contributed by atoms with Gasteiger partial charge in [-0.05, 0) is 133 Å². The predicted molar refractivity (Wildman–Crippen MR) is 318 cm³/mol. The number of benzene rings is 9. The Balaban J connectivity index is 0.00000945. The number of hydrogen-bond donors (Lipinski definition) is 0. The number of imidazole rings is 1. The van der Waals surface area contributed by atoms with Crippen molar-refractivity contribution in [2.24, 2.45) is 0 Å². The average molecular weight is 1230 g/mol. The first-order chi connectivity index (χ1) is 47.6. The van der Waals surface area contributed by atoms with Crippen LogP contribution in [0.2, 0.25) is 0 Å². The van der Waals surface area contributed by atoms with E-state index in [9.17, 15) is 12.3 Å². The summed E-state index contributed by atoms with van der Waals surface area (Å²) < 4.78 is 240. The fourth-order valence-corrected chi connectivity index (χ4v) is 10.4. The van der Waals surface area contributed by atoms with E-state index in [2.05, 4.69) is 39.2 Å². The number of para-hydroxylation sites is 2. The van der Waals surface area contributed by atoms with Crippen molar-refractivity contribution in [1.29, 1.82) is 0 Å².